The van der Waals surface area contributed by atoms with E-state index < -0.39 is 0 Å². The average molecular weight is 248 g/mol. The molecular formula is C14H20N2O2. The first-order chi connectivity index (χ1) is 8.52. The molecule has 0 aliphatic rings. The molecular weight excluding hydrogens is 228 g/mol. The SMILES string of the molecule is COc1ccccc1NC(C#N)CC(C)(C)OC. The van der Waals surface area contributed by atoms with E-state index in [2.05, 4.69) is 11.4 Å². The summed E-state index contributed by atoms with van der Waals surface area (Å²) >= 11 is 0. The van der Waals surface area contributed by atoms with Crippen LogP contribution >= 0.6 is 0 Å². The van der Waals surface area contributed by atoms with Gasteiger partial charge in [-0.2, -0.15) is 5.26 Å². The summed E-state index contributed by atoms with van der Waals surface area (Å²) in [5.41, 5.74) is 0.480. The van der Waals surface area contributed by atoms with Gasteiger partial charge in [0.25, 0.3) is 0 Å². The van der Waals surface area contributed by atoms with Gasteiger partial charge in [-0.1, -0.05) is 12.1 Å². The van der Waals surface area contributed by atoms with Crippen LogP contribution in [0.1, 0.15) is 20.3 Å². The summed E-state index contributed by atoms with van der Waals surface area (Å²) in [6.45, 7) is 3.92. The number of anilines is 1. The Balaban J connectivity index is 2.78. The highest BCUT2D eigenvalue weighted by Crippen LogP contribution is 2.26. The highest BCUT2D eigenvalue weighted by atomic mass is 16.5. The molecule has 0 aromatic heterocycles. The van der Waals surface area contributed by atoms with Crippen LogP contribution in [0.4, 0.5) is 5.69 Å². The first kappa shape index (κ1) is 14.3. The lowest BCUT2D eigenvalue weighted by atomic mass is 9.99. The molecule has 0 spiro atoms. The third-order valence-electron chi connectivity index (χ3n) is 2.84. The summed E-state index contributed by atoms with van der Waals surface area (Å²) in [6, 6.07) is 9.47. The minimum atomic E-state index is -0.338. The van der Waals surface area contributed by atoms with Crippen molar-refractivity contribution in [3.8, 4) is 11.8 Å². The second kappa shape index (κ2) is 6.27. The zero-order valence-electron chi connectivity index (χ0n) is 11.4. The number of nitrogens with one attached hydrogen (secondary N) is 1. The van der Waals surface area contributed by atoms with Crippen molar-refractivity contribution in [3.63, 3.8) is 0 Å². The summed E-state index contributed by atoms with van der Waals surface area (Å²) in [7, 11) is 3.26. The number of nitriles is 1. The minimum Gasteiger partial charge on any atom is -0.495 e. The summed E-state index contributed by atoms with van der Waals surface area (Å²) in [6.07, 6.45) is 0.595. The van der Waals surface area contributed by atoms with Crippen molar-refractivity contribution in [2.24, 2.45) is 0 Å². The Hall–Kier alpha value is -1.73. The highest BCUT2D eigenvalue weighted by molar-refractivity contribution is 5.57. The van der Waals surface area contributed by atoms with Crippen LogP contribution in [-0.4, -0.2) is 25.9 Å². The quantitative estimate of drug-likeness (QED) is 0.841. The lowest BCUT2D eigenvalue weighted by molar-refractivity contribution is 0.0148. The Morgan fingerprint density at radius 3 is 2.56 bits per heavy atom. The molecule has 0 aliphatic carbocycles. The molecule has 1 aromatic carbocycles. The van der Waals surface area contributed by atoms with E-state index >= 15 is 0 Å². The first-order valence-electron chi connectivity index (χ1n) is 5.86. The lowest BCUT2D eigenvalue weighted by Crippen LogP contribution is -2.32. The molecule has 1 atom stereocenters. The van der Waals surface area contributed by atoms with E-state index in [-0.39, 0.29) is 11.6 Å². The van der Waals surface area contributed by atoms with Crippen molar-refractivity contribution in [3.05, 3.63) is 24.3 Å². The Labute approximate surface area is 109 Å². The van der Waals surface area contributed by atoms with Gasteiger partial charge < -0.3 is 14.8 Å². The number of ether oxygens (including phenoxy) is 2. The molecule has 0 amide bonds. The molecule has 4 heteroatoms. The van der Waals surface area contributed by atoms with Crippen LogP contribution in [0.5, 0.6) is 5.75 Å². The van der Waals surface area contributed by atoms with Gasteiger partial charge in [-0.25, -0.2) is 0 Å². The van der Waals surface area contributed by atoms with Crippen LogP contribution in [0, 0.1) is 11.3 Å². The van der Waals surface area contributed by atoms with Crippen molar-refractivity contribution in [1.29, 1.82) is 5.26 Å². The van der Waals surface area contributed by atoms with Gasteiger partial charge in [0.15, 0.2) is 0 Å². The standard InChI is InChI=1S/C14H20N2O2/c1-14(2,18-4)9-11(10-15)16-12-7-5-6-8-13(12)17-3/h5-8,11,16H,9H2,1-4H3. The third-order valence-corrected chi connectivity index (χ3v) is 2.84. The summed E-state index contributed by atoms with van der Waals surface area (Å²) in [4.78, 5) is 0. The Morgan fingerprint density at radius 1 is 1.33 bits per heavy atom. The molecule has 1 unspecified atom stereocenters. The van der Waals surface area contributed by atoms with Gasteiger partial charge in [-0.05, 0) is 26.0 Å². The number of nitrogens with zero attached hydrogens (tertiary/aromatic N) is 1. The van der Waals surface area contributed by atoms with Crippen LogP contribution in [0.15, 0.2) is 24.3 Å². The summed E-state index contributed by atoms with van der Waals surface area (Å²) < 4.78 is 10.6. The highest BCUT2D eigenvalue weighted by Gasteiger charge is 2.23. The van der Waals surface area contributed by atoms with Gasteiger partial charge in [0.2, 0.25) is 0 Å². The maximum atomic E-state index is 9.20. The van der Waals surface area contributed by atoms with E-state index in [9.17, 15) is 5.26 Å². The van der Waals surface area contributed by atoms with Crippen LogP contribution < -0.4 is 10.1 Å². The largest absolute Gasteiger partial charge is 0.495 e. The van der Waals surface area contributed by atoms with E-state index in [4.69, 9.17) is 9.47 Å². The number of methoxy groups -OCH3 is 2. The van der Waals surface area contributed by atoms with E-state index in [1.54, 1.807) is 14.2 Å². The maximum Gasteiger partial charge on any atom is 0.141 e. The summed E-state index contributed by atoms with van der Waals surface area (Å²) in [5, 5.41) is 12.4. The molecule has 0 bridgehead atoms. The van der Waals surface area contributed by atoms with Gasteiger partial charge in [-0.3, -0.25) is 0 Å². The van der Waals surface area contributed by atoms with E-state index in [1.165, 1.54) is 0 Å². The van der Waals surface area contributed by atoms with Gasteiger partial charge in [0.1, 0.15) is 11.8 Å². The normalized spacial score (nSPS) is 12.6. The van der Waals surface area contributed by atoms with Gasteiger partial charge in [0.05, 0.1) is 24.5 Å². The van der Waals surface area contributed by atoms with Gasteiger partial charge in [0, 0.05) is 13.5 Å². The maximum absolute atomic E-state index is 9.20. The molecule has 0 fully saturated rings. The predicted molar refractivity (Wildman–Crippen MR) is 71.7 cm³/mol. The van der Waals surface area contributed by atoms with Crippen LogP contribution in [0.3, 0.4) is 0 Å². The number of rotatable bonds is 6. The molecule has 98 valence electrons. The zero-order valence-corrected chi connectivity index (χ0v) is 11.4. The molecule has 1 aromatic rings. The Kier molecular flexibility index (Phi) is 4.99. The monoisotopic (exact) mass is 248 g/mol. The smallest absolute Gasteiger partial charge is 0.141 e. The lowest BCUT2D eigenvalue weighted by Gasteiger charge is -2.26. The van der Waals surface area contributed by atoms with Gasteiger partial charge >= 0.3 is 0 Å². The van der Waals surface area contributed by atoms with E-state index in [0.29, 0.717) is 6.42 Å². The fourth-order valence-corrected chi connectivity index (χ4v) is 1.66. The predicted octanol–water partition coefficient (Wildman–Crippen LogP) is 2.81. The molecule has 0 saturated carbocycles. The van der Waals surface area contributed by atoms with Crippen LogP contribution in [-0.2, 0) is 4.74 Å². The fourth-order valence-electron chi connectivity index (χ4n) is 1.66. The molecule has 0 heterocycles. The molecule has 4 nitrogen and oxygen atoms in total. The van der Waals surface area contributed by atoms with Crippen molar-refractivity contribution < 1.29 is 9.47 Å². The number of hydrogen-bond donors (Lipinski definition) is 1. The molecule has 18 heavy (non-hydrogen) atoms. The van der Waals surface area contributed by atoms with Crippen LogP contribution in [0.2, 0.25) is 0 Å². The Bertz CT molecular complexity index is 424. The molecule has 0 radical (unpaired) electrons. The second-order valence-electron chi connectivity index (χ2n) is 4.69. The minimum absolute atomic E-state index is 0.323. The zero-order chi connectivity index (χ0) is 13.6. The second-order valence-corrected chi connectivity index (χ2v) is 4.69. The summed E-state index contributed by atoms with van der Waals surface area (Å²) in [5.74, 6) is 0.730. The van der Waals surface area contributed by atoms with Crippen molar-refractivity contribution in [1.82, 2.24) is 0 Å². The number of benzene rings is 1. The Morgan fingerprint density at radius 2 is 2.00 bits per heavy atom. The molecule has 1 N–H and O–H groups in total. The topological polar surface area (TPSA) is 54.3 Å². The van der Waals surface area contributed by atoms with Crippen molar-refractivity contribution in [2.75, 3.05) is 19.5 Å². The van der Waals surface area contributed by atoms with E-state index in [1.807, 2.05) is 38.1 Å². The van der Waals surface area contributed by atoms with Crippen molar-refractivity contribution in [2.45, 2.75) is 31.9 Å². The van der Waals surface area contributed by atoms with Crippen LogP contribution in [0.25, 0.3) is 0 Å². The third kappa shape index (κ3) is 3.94. The van der Waals surface area contributed by atoms with E-state index in [0.717, 1.165) is 11.4 Å². The number of hydrogen-bond acceptors (Lipinski definition) is 4. The molecule has 0 aliphatic heterocycles. The first-order valence-corrected chi connectivity index (χ1v) is 5.86. The van der Waals surface area contributed by atoms with Crippen molar-refractivity contribution >= 4 is 5.69 Å². The number of para-hydroxylation sites is 2. The average Bonchev–Trinajstić information content (AvgIpc) is 2.38. The van der Waals surface area contributed by atoms with Gasteiger partial charge in [-0.15, -0.1) is 0 Å². The molecule has 0 saturated heterocycles. The fraction of sp³-hybridized carbons (Fsp3) is 0.500. The molecule has 1 rings (SSSR count).